The molecular formula is C20H19Sb. The van der Waals surface area contributed by atoms with Crippen molar-refractivity contribution in [2.75, 3.05) is 0 Å². The Morgan fingerprint density at radius 3 is 1.05 bits per heavy atom. The summed E-state index contributed by atoms with van der Waals surface area (Å²) < 4.78 is 0.0904. The predicted molar refractivity (Wildman–Crippen MR) is 92.2 cm³/mol. The van der Waals surface area contributed by atoms with Gasteiger partial charge in [0.1, 0.15) is 0 Å². The third-order valence-electron chi connectivity index (χ3n) is 4.00. The molecule has 0 atom stereocenters. The van der Waals surface area contributed by atoms with E-state index in [4.69, 9.17) is 0 Å². The zero-order valence-electron chi connectivity index (χ0n) is 12.2. The minimum absolute atomic E-state index is 0.0904. The van der Waals surface area contributed by atoms with Crippen LogP contribution in [0.2, 0.25) is 4.87 Å². The molecule has 0 amide bonds. The molecule has 0 aliphatic heterocycles. The van der Waals surface area contributed by atoms with Gasteiger partial charge in [-0.15, -0.1) is 0 Å². The molecule has 0 spiro atoms. The van der Waals surface area contributed by atoms with Gasteiger partial charge in [0, 0.05) is 0 Å². The average molecular weight is 381 g/mol. The third-order valence-corrected chi connectivity index (χ3v) is 8.61. The molecule has 1 heteroatoms. The second kappa shape index (κ2) is 6.50. The first kappa shape index (κ1) is 14.4. The first-order valence-electron chi connectivity index (χ1n) is 7.23. The molecule has 0 aliphatic carbocycles. The summed E-state index contributed by atoms with van der Waals surface area (Å²) >= 11 is -0.689. The number of hydrogen-bond donors (Lipinski definition) is 0. The van der Waals surface area contributed by atoms with E-state index in [-0.39, 0.29) is 3.36 Å². The molecule has 0 aliphatic rings. The maximum absolute atomic E-state index is 2.44. The van der Waals surface area contributed by atoms with Crippen LogP contribution in [0.5, 0.6) is 0 Å². The summed E-state index contributed by atoms with van der Waals surface area (Å²) in [4.78, 5) is 2.44. The summed E-state index contributed by atoms with van der Waals surface area (Å²) in [5.74, 6) is 0. The predicted octanol–water partition coefficient (Wildman–Crippen LogP) is 4.46. The maximum atomic E-state index is 2.44. The van der Waals surface area contributed by atoms with Crippen LogP contribution in [0.4, 0.5) is 0 Å². The van der Waals surface area contributed by atoms with E-state index in [0.717, 1.165) is 0 Å². The second-order valence-electron chi connectivity index (χ2n) is 5.10. The van der Waals surface area contributed by atoms with Crippen LogP contribution in [0.3, 0.4) is 0 Å². The number of hydrogen-bond acceptors (Lipinski definition) is 0. The molecule has 0 unspecified atom stereocenters. The van der Waals surface area contributed by atoms with E-state index in [0.29, 0.717) is 0 Å². The first-order valence-corrected chi connectivity index (χ1v) is 11.5. The summed E-state index contributed by atoms with van der Waals surface area (Å²) in [6, 6.07) is 32.9. The van der Waals surface area contributed by atoms with Gasteiger partial charge in [-0.2, -0.15) is 0 Å². The van der Waals surface area contributed by atoms with E-state index >= 15 is 0 Å². The fourth-order valence-electron chi connectivity index (χ4n) is 3.00. The number of rotatable bonds is 4. The van der Waals surface area contributed by atoms with Crippen molar-refractivity contribution in [1.29, 1.82) is 0 Å². The van der Waals surface area contributed by atoms with Gasteiger partial charge in [0.25, 0.3) is 0 Å². The van der Waals surface area contributed by atoms with E-state index in [1.165, 1.54) is 16.7 Å². The van der Waals surface area contributed by atoms with Gasteiger partial charge in [0.15, 0.2) is 0 Å². The zero-order valence-corrected chi connectivity index (χ0v) is 15.0. The third kappa shape index (κ3) is 2.65. The van der Waals surface area contributed by atoms with E-state index in [9.17, 15) is 0 Å². The topological polar surface area (TPSA) is 0 Å². The van der Waals surface area contributed by atoms with Crippen LogP contribution in [-0.2, 0) is 3.36 Å². The van der Waals surface area contributed by atoms with Crippen molar-refractivity contribution in [2.24, 2.45) is 0 Å². The van der Waals surface area contributed by atoms with Crippen LogP contribution in [0, 0.1) is 0 Å². The normalized spacial score (nSPS) is 11.3. The van der Waals surface area contributed by atoms with Crippen molar-refractivity contribution in [2.45, 2.75) is 8.23 Å². The van der Waals surface area contributed by atoms with Crippen LogP contribution in [-0.4, -0.2) is 21.6 Å². The van der Waals surface area contributed by atoms with Crippen molar-refractivity contribution in [3.63, 3.8) is 0 Å². The van der Waals surface area contributed by atoms with Crippen LogP contribution >= 0.6 is 0 Å². The van der Waals surface area contributed by atoms with Crippen LogP contribution in [0.25, 0.3) is 0 Å². The first-order chi connectivity index (χ1) is 10.4. The van der Waals surface area contributed by atoms with E-state index < -0.39 is 21.6 Å². The second-order valence-corrected chi connectivity index (χ2v) is 8.67. The molecule has 0 saturated carbocycles. The van der Waals surface area contributed by atoms with Gasteiger partial charge in [-0.3, -0.25) is 0 Å². The van der Waals surface area contributed by atoms with Crippen LogP contribution in [0.1, 0.15) is 16.7 Å². The van der Waals surface area contributed by atoms with Crippen molar-refractivity contribution in [3.05, 3.63) is 108 Å². The van der Waals surface area contributed by atoms with Crippen molar-refractivity contribution in [1.82, 2.24) is 0 Å². The SMILES string of the molecule is [CH3][SbH][C](c1ccccc1)(c1ccccc1)c1ccccc1. The summed E-state index contributed by atoms with van der Waals surface area (Å²) in [5, 5.41) is 0. The average Bonchev–Trinajstić information content (AvgIpc) is 2.59. The molecule has 3 aromatic rings. The van der Waals surface area contributed by atoms with Gasteiger partial charge < -0.3 is 0 Å². The van der Waals surface area contributed by atoms with Crippen LogP contribution in [0.15, 0.2) is 91.0 Å². The summed E-state index contributed by atoms with van der Waals surface area (Å²) in [6.07, 6.45) is 0. The fourth-order valence-corrected chi connectivity index (χ4v) is 6.90. The van der Waals surface area contributed by atoms with E-state index in [1.807, 2.05) is 0 Å². The molecule has 3 rings (SSSR count). The molecule has 0 saturated heterocycles. The quantitative estimate of drug-likeness (QED) is 0.463. The summed E-state index contributed by atoms with van der Waals surface area (Å²) in [5.41, 5.74) is 4.28. The van der Waals surface area contributed by atoms with E-state index in [1.54, 1.807) is 0 Å². The van der Waals surface area contributed by atoms with Crippen molar-refractivity contribution >= 4 is 21.6 Å². The molecule has 0 radical (unpaired) electrons. The molecule has 0 N–H and O–H groups in total. The monoisotopic (exact) mass is 380 g/mol. The molecule has 3 aromatic carbocycles. The summed E-state index contributed by atoms with van der Waals surface area (Å²) in [6.45, 7) is 0. The van der Waals surface area contributed by atoms with Gasteiger partial charge in [-0.1, -0.05) is 0 Å². The van der Waals surface area contributed by atoms with Gasteiger partial charge in [-0.25, -0.2) is 0 Å². The molecule has 0 bridgehead atoms. The zero-order chi connectivity index (χ0) is 14.5. The molecule has 104 valence electrons. The molecule has 21 heavy (non-hydrogen) atoms. The van der Waals surface area contributed by atoms with Gasteiger partial charge in [0.05, 0.1) is 0 Å². The van der Waals surface area contributed by atoms with Crippen molar-refractivity contribution < 1.29 is 0 Å². The minimum atomic E-state index is -0.689. The Morgan fingerprint density at radius 2 is 0.810 bits per heavy atom. The Kier molecular flexibility index (Phi) is 4.46. The standard InChI is InChI=1S/C19H15.CH3.Sb.H/c1-4-10-16(11-5-1)19(17-12-6-2-7-13-17)18-14-8-3-9-15-18;;;/h1-15H;1H3;;. The molecule has 0 aromatic heterocycles. The van der Waals surface area contributed by atoms with Crippen molar-refractivity contribution in [3.8, 4) is 0 Å². The Balaban J connectivity index is 2.29. The summed E-state index contributed by atoms with van der Waals surface area (Å²) in [7, 11) is 0. The van der Waals surface area contributed by atoms with Gasteiger partial charge in [0.2, 0.25) is 0 Å². The Morgan fingerprint density at radius 1 is 0.524 bits per heavy atom. The molecule has 0 fully saturated rings. The van der Waals surface area contributed by atoms with Gasteiger partial charge in [-0.05, 0) is 0 Å². The fraction of sp³-hybridized carbons (Fsp3) is 0.100. The van der Waals surface area contributed by atoms with E-state index in [2.05, 4.69) is 95.9 Å². The molecule has 0 heterocycles. The van der Waals surface area contributed by atoms with Gasteiger partial charge >= 0.3 is 138 Å². The Labute approximate surface area is 137 Å². The number of benzene rings is 3. The molecule has 0 nitrogen and oxygen atoms in total. The van der Waals surface area contributed by atoms with Crippen LogP contribution < -0.4 is 0 Å². The Hall–Kier alpha value is -1.52. The Bertz CT molecular complexity index is 578. The molecular weight excluding hydrogens is 362 g/mol.